The molecule has 7 heteroatoms. The Balaban J connectivity index is 2.37. The van der Waals surface area contributed by atoms with Gasteiger partial charge in [-0.15, -0.1) is 0 Å². The number of halogens is 1. The van der Waals surface area contributed by atoms with Crippen molar-refractivity contribution < 1.29 is 8.42 Å². The first kappa shape index (κ1) is 13.0. The van der Waals surface area contributed by atoms with Crippen LogP contribution in [-0.4, -0.2) is 36.9 Å². The number of aryl methyl sites for hydroxylation is 1. The number of anilines is 1. The van der Waals surface area contributed by atoms with Crippen molar-refractivity contribution in [3.63, 3.8) is 0 Å². The van der Waals surface area contributed by atoms with E-state index in [1.165, 1.54) is 0 Å². The summed E-state index contributed by atoms with van der Waals surface area (Å²) in [5.41, 5.74) is 0.893. The van der Waals surface area contributed by atoms with Gasteiger partial charge in [0.15, 0.2) is 9.84 Å². The van der Waals surface area contributed by atoms with E-state index in [0.717, 1.165) is 15.1 Å². The van der Waals surface area contributed by atoms with Crippen LogP contribution < -0.4 is 5.32 Å². The van der Waals surface area contributed by atoms with Crippen LogP contribution >= 0.6 is 22.6 Å². The summed E-state index contributed by atoms with van der Waals surface area (Å²) in [6.45, 7) is 1.91. The molecule has 0 aromatic carbocycles. The number of nitrogens with one attached hydrogen (secondary N) is 1. The monoisotopic (exact) mass is 367 g/mol. The van der Waals surface area contributed by atoms with Gasteiger partial charge in [-0.05, 0) is 35.9 Å². The molecule has 0 aliphatic carbocycles. The highest BCUT2D eigenvalue weighted by Crippen LogP contribution is 2.29. The van der Waals surface area contributed by atoms with Crippen LogP contribution in [-0.2, 0) is 9.84 Å². The Kier molecular flexibility index (Phi) is 3.58. The summed E-state index contributed by atoms with van der Waals surface area (Å²) in [5.74, 6) is 1.80. The molecular weight excluding hydrogens is 353 g/mol. The second kappa shape index (κ2) is 4.68. The predicted octanol–water partition coefficient (Wildman–Crippen LogP) is 1.33. The molecule has 0 radical (unpaired) electrons. The fraction of sp³-hybridized carbons (Fsp3) is 0.600. The first-order valence-electron chi connectivity index (χ1n) is 5.35. The minimum Gasteiger partial charge on any atom is -0.372 e. The summed E-state index contributed by atoms with van der Waals surface area (Å²) in [5, 5.41) is 3.01. The molecule has 1 fully saturated rings. The molecule has 0 spiro atoms. The van der Waals surface area contributed by atoms with Gasteiger partial charge in [0, 0.05) is 13.0 Å². The summed E-state index contributed by atoms with van der Waals surface area (Å²) in [7, 11) is -1.08. The molecule has 0 bridgehead atoms. The van der Waals surface area contributed by atoms with Gasteiger partial charge in [-0.2, -0.15) is 0 Å². The molecule has 1 aromatic heterocycles. The van der Waals surface area contributed by atoms with Crippen LogP contribution in [0.1, 0.15) is 23.9 Å². The smallest absolute Gasteiger partial charge is 0.151 e. The lowest BCUT2D eigenvalue weighted by atomic mass is 10.1. The molecule has 0 amide bonds. The molecule has 1 aromatic rings. The van der Waals surface area contributed by atoms with Crippen molar-refractivity contribution in [1.82, 2.24) is 9.97 Å². The Bertz CT molecular complexity index is 545. The van der Waals surface area contributed by atoms with E-state index in [4.69, 9.17) is 0 Å². The highest BCUT2D eigenvalue weighted by Gasteiger charge is 2.31. The standard InChI is InChI=1S/C10H14IN3O2S/c1-6-8(11)10(12-2)14-9(13-6)7-3-4-17(15,16)5-7/h7H,3-5H2,1-2H3,(H,12,13,14). The second-order valence-electron chi connectivity index (χ2n) is 4.18. The summed E-state index contributed by atoms with van der Waals surface area (Å²) < 4.78 is 23.9. The van der Waals surface area contributed by atoms with E-state index >= 15 is 0 Å². The molecule has 17 heavy (non-hydrogen) atoms. The van der Waals surface area contributed by atoms with Gasteiger partial charge in [0.25, 0.3) is 0 Å². The van der Waals surface area contributed by atoms with Gasteiger partial charge in [-0.25, -0.2) is 18.4 Å². The van der Waals surface area contributed by atoms with Gasteiger partial charge < -0.3 is 5.32 Å². The summed E-state index contributed by atoms with van der Waals surface area (Å²) in [6, 6.07) is 0. The van der Waals surface area contributed by atoms with Crippen LogP contribution in [0.25, 0.3) is 0 Å². The number of hydrogen-bond donors (Lipinski definition) is 1. The van der Waals surface area contributed by atoms with Gasteiger partial charge in [0.05, 0.1) is 20.8 Å². The van der Waals surface area contributed by atoms with Gasteiger partial charge in [0.1, 0.15) is 11.6 Å². The van der Waals surface area contributed by atoms with Crippen LogP contribution in [0.2, 0.25) is 0 Å². The molecule has 94 valence electrons. The zero-order valence-electron chi connectivity index (χ0n) is 9.70. The lowest BCUT2D eigenvalue weighted by Crippen LogP contribution is -2.11. The van der Waals surface area contributed by atoms with Gasteiger partial charge in [-0.3, -0.25) is 0 Å². The molecule has 1 aliphatic rings. The molecule has 2 rings (SSSR count). The molecule has 5 nitrogen and oxygen atoms in total. The van der Waals surface area contributed by atoms with Crippen molar-refractivity contribution in [2.75, 3.05) is 23.9 Å². The Morgan fingerprint density at radius 2 is 2.12 bits per heavy atom. The number of nitrogens with zero attached hydrogens (tertiary/aromatic N) is 2. The first-order valence-corrected chi connectivity index (χ1v) is 8.25. The zero-order chi connectivity index (χ0) is 12.6. The maximum atomic E-state index is 11.4. The van der Waals surface area contributed by atoms with E-state index in [9.17, 15) is 8.42 Å². The van der Waals surface area contributed by atoms with Crippen LogP contribution in [0.3, 0.4) is 0 Å². The SMILES string of the molecule is CNc1nc(C2CCS(=O)(=O)C2)nc(C)c1I. The molecular formula is C10H14IN3O2S. The molecule has 0 saturated carbocycles. The third-order valence-electron chi connectivity index (χ3n) is 2.87. The highest BCUT2D eigenvalue weighted by molar-refractivity contribution is 14.1. The normalized spacial score (nSPS) is 22.6. The molecule has 1 aliphatic heterocycles. The van der Waals surface area contributed by atoms with E-state index in [1.807, 2.05) is 6.92 Å². The topological polar surface area (TPSA) is 72.0 Å². The molecule has 1 atom stereocenters. The number of aromatic nitrogens is 2. The van der Waals surface area contributed by atoms with E-state index in [2.05, 4.69) is 37.9 Å². The summed E-state index contributed by atoms with van der Waals surface area (Å²) in [6.07, 6.45) is 0.630. The largest absolute Gasteiger partial charge is 0.372 e. The minimum absolute atomic E-state index is 0.0530. The van der Waals surface area contributed by atoms with Gasteiger partial charge in [0.2, 0.25) is 0 Å². The second-order valence-corrected chi connectivity index (χ2v) is 7.49. The van der Waals surface area contributed by atoms with E-state index in [1.54, 1.807) is 7.05 Å². The van der Waals surface area contributed by atoms with Crippen molar-refractivity contribution in [2.24, 2.45) is 0 Å². The zero-order valence-corrected chi connectivity index (χ0v) is 12.7. The van der Waals surface area contributed by atoms with E-state index < -0.39 is 9.84 Å². The minimum atomic E-state index is -2.89. The molecule has 1 N–H and O–H groups in total. The Labute approximate surface area is 114 Å². The maximum absolute atomic E-state index is 11.4. The lowest BCUT2D eigenvalue weighted by Gasteiger charge is -2.11. The molecule has 2 heterocycles. The average molecular weight is 367 g/mol. The van der Waals surface area contributed by atoms with Crippen molar-refractivity contribution in [1.29, 1.82) is 0 Å². The van der Waals surface area contributed by atoms with Crippen LogP contribution in [0.5, 0.6) is 0 Å². The van der Waals surface area contributed by atoms with Crippen LogP contribution in [0.4, 0.5) is 5.82 Å². The van der Waals surface area contributed by atoms with Crippen molar-refractivity contribution >= 4 is 38.2 Å². The van der Waals surface area contributed by atoms with Crippen molar-refractivity contribution in [2.45, 2.75) is 19.3 Å². The van der Waals surface area contributed by atoms with Crippen molar-refractivity contribution in [3.05, 3.63) is 15.1 Å². The average Bonchev–Trinajstić information content (AvgIpc) is 2.62. The first-order chi connectivity index (χ1) is 7.93. The number of sulfone groups is 1. The highest BCUT2D eigenvalue weighted by atomic mass is 127. The predicted molar refractivity (Wildman–Crippen MR) is 75.0 cm³/mol. The summed E-state index contributed by atoms with van der Waals surface area (Å²) in [4.78, 5) is 8.81. The fourth-order valence-electron chi connectivity index (χ4n) is 1.93. The summed E-state index contributed by atoms with van der Waals surface area (Å²) >= 11 is 2.19. The van der Waals surface area contributed by atoms with Gasteiger partial charge in [-0.1, -0.05) is 0 Å². The maximum Gasteiger partial charge on any atom is 0.151 e. The Morgan fingerprint density at radius 3 is 2.65 bits per heavy atom. The van der Waals surface area contributed by atoms with E-state index in [-0.39, 0.29) is 17.4 Å². The Hall–Kier alpha value is -0.440. The fourth-order valence-corrected chi connectivity index (χ4v) is 4.18. The molecule has 1 saturated heterocycles. The number of hydrogen-bond acceptors (Lipinski definition) is 5. The Morgan fingerprint density at radius 1 is 1.41 bits per heavy atom. The quantitative estimate of drug-likeness (QED) is 0.799. The van der Waals surface area contributed by atoms with Crippen LogP contribution in [0, 0.1) is 10.5 Å². The lowest BCUT2D eigenvalue weighted by molar-refractivity contribution is 0.601. The third-order valence-corrected chi connectivity index (χ3v) is 5.93. The van der Waals surface area contributed by atoms with Gasteiger partial charge >= 0.3 is 0 Å². The molecule has 1 unspecified atom stereocenters. The van der Waals surface area contributed by atoms with Crippen LogP contribution in [0.15, 0.2) is 0 Å². The van der Waals surface area contributed by atoms with Crippen molar-refractivity contribution in [3.8, 4) is 0 Å². The number of rotatable bonds is 2. The van der Waals surface area contributed by atoms with E-state index in [0.29, 0.717) is 12.2 Å². The third kappa shape index (κ3) is 2.70.